The van der Waals surface area contributed by atoms with Gasteiger partial charge in [0.05, 0.1) is 5.56 Å². The number of rotatable bonds is 4. The molecule has 0 bridgehead atoms. The van der Waals surface area contributed by atoms with Crippen LogP contribution in [0.5, 0.6) is 17.2 Å². The Morgan fingerprint density at radius 3 is 2.60 bits per heavy atom. The van der Waals surface area contributed by atoms with Gasteiger partial charge in [0.25, 0.3) is 0 Å². The average Bonchev–Trinajstić information content (AvgIpc) is 2.41. The Kier molecular flexibility index (Phi) is 3.65. The minimum Gasteiger partial charge on any atom is -0.872 e. The molecule has 0 unspecified atom stereocenters. The van der Waals surface area contributed by atoms with E-state index in [2.05, 4.69) is 5.32 Å². The normalized spacial score (nSPS) is 10.2. The molecule has 2 aromatic rings. The fourth-order valence-corrected chi connectivity index (χ4v) is 1.72. The lowest BCUT2D eigenvalue weighted by atomic mass is 10.1. The third kappa shape index (κ3) is 2.92. The van der Waals surface area contributed by atoms with E-state index in [0.29, 0.717) is 11.3 Å². The number of phenolic OH excluding ortho intramolecular Hbond substituents is 2. The van der Waals surface area contributed by atoms with Crippen LogP contribution >= 0.6 is 0 Å². The van der Waals surface area contributed by atoms with Crippen molar-refractivity contribution < 1.29 is 25.2 Å². The molecule has 0 aliphatic heterocycles. The van der Waals surface area contributed by atoms with E-state index in [1.54, 1.807) is 0 Å². The fourth-order valence-electron chi connectivity index (χ4n) is 1.72. The molecular weight excluding hydrogens is 262 g/mol. The van der Waals surface area contributed by atoms with E-state index < -0.39 is 11.7 Å². The number of benzene rings is 2. The minimum absolute atomic E-state index is 0.00852. The number of carboxylic acids is 1. The second-order valence-corrected chi connectivity index (χ2v) is 4.18. The van der Waals surface area contributed by atoms with Crippen molar-refractivity contribution >= 4 is 11.7 Å². The van der Waals surface area contributed by atoms with Crippen molar-refractivity contribution in [3.63, 3.8) is 0 Å². The number of carboxylic acid groups (broad SMARTS) is 1. The van der Waals surface area contributed by atoms with Crippen molar-refractivity contribution in [1.29, 1.82) is 0 Å². The zero-order valence-electron chi connectivity index (χ0n) is 10.3. The van der Waals surface area contributed by atoms with E-state index in [-0.39, 0.29) is 23.6 Å². The number of nitrogens with one attached hydrogen (secondary N) is 1. The summed E-state index contributed by atoms with van der Waals surface area (Å²) < 4.78 is 0. The Labute approximate surface area is 114 Å². The van der Waals surface area contributed by atoms with Crippen LogP contribution in [0.25, 0.3) is 0 Å². The van der Waals surface area contributed by atoms with Gasteiger partial charge in [0.2, 0.25) is 0 Å². The lowest BCUT2D eigenvalue weighted by molar-refractivity contribution is -0.268. The number of hydrogen-bond donors (Lipinski definition) is 4. The van der Waals surface area contributed by atoms with Crippen LogP contribution < -0.4 is 10.4 Å². The number of anilines is 1. The molecule has 0 saturated carbocycles. The van der Waals surface area contributed by atoms with Crippen LogP contribution in [0.4, 0.5) is 5.69 Å². The van der Waals surface area contributed by atoms with Gasteiger partial charge in [-0.15, -0.1) is 0 Å². The predicted molar refractivity (Wildman–Crippen MR) is 69.9 cm³/mol. The molecule has 0 spiro atoms. The first-order chi connectivity index (χ1) is 9.47. The van der Waals surface area contributed by atoms with Crippen molar-refractivity contribution in [3.8, 4) is 17.2 Å². The highest BCUT2D eigenvalue weighted by Crippen LogP contribution is 2.24. The maximum absolute atomic E-state index is 11.3. The summed E-state index contributed by atoms with van der Waals surface area (Å²) in [5, 5.41) is 42.0. The molecule has 4 N–H and O–H groups in total. The summed E-state index contributed by atoms with van der Waals surface area (Å²) in [6.45, 7) is 0.178. The summed E-state index contributed by atoms with van der Waals surface area (Å²) >= 11 is 0. The first-order valence-corrected chi connectivity index (χ1v) is 5.76. The lowest BCUT2D eigenvalue weighted by Crippen LogP contribution is -2.06. The molecule has 0 heterocycles. The van der Waals surface area contributed by atoms with Crippen molar-refractivity contribution in [2.24, 2.45) is 0 Å². The van der Waals surface area contributed by atoms with Gasteiger partial charge in [0, 0.05) is 17.8 Å². The first-order valence-electron chi connectivity index (χ1n) is 5.76. The predicted octanol–water partition coefficient (Wildman–Crippen LogP) is 1.48. The van der Waals surface area contributed by atoms with E-state index in [4.69, 9.17) is 5.11 Å². The SMILES string of the molecule is O=C(O)c1cc(NCc2cc(O)ccc2O)ccc1[O-]. The molecule has 0 amide bonds. The van der Waals surface area contributed by atoms with Crippen molar-refractivity contribution in [1.82, 2.24) is 0 Å². The third-order valence-electron chi connectivity index (χ3n) is 2.76. The molecule has 0 saturated heterocycles. The van der Waals surface area contributed by atoms with Gasteiger partial charge in [-0.1, -0.05) is 11.8 Å². The lowest BCUT2D eigenvalue weighted by Gasteiger charge is -2.13. The third-order valence-corrected chi connectivity index (χ3v) is 2.76. The molecule has 0 aliphatic rings. The molecule has 0 radical (unpaired) electrons. The van der Waals surface area contributed by atoms with Gasteiger partial charge in [-0.05, 0) is 30.3 Å². The highest BCUT2D eigenvalue weighted by molar-refractivity contribution is 5.91. The number of aromatic hydroxyl groups is 2. The highest BCUT2D eigenvalue weighted by Gasteiger charge is 2.06. The van der Waals surface area contributed by atoms with E-state index in [1.165, 1.54) is 30.3 Å². The van der Waals surface area contributed by atoms with Crippen LogP contribution in [0.3, 0.4) is 0 Å². The van der Waals surface area contributed by atoms with Gasteiger partial charge < -0.3 is 25.7 Å². The second-order valence-electron chi connectivity index (χ2n) is 4.18. The number of carbonyl (C=O) groups is 1. The van der Waals surface area contributed by atoms with Gasteiger partial charge in [-0.3, -0.25) is 0 Å². The van der Waals surface area contributed by atoms with Crippen LogP contribution in [-0.2, 0) is 6.54 Å². The molecule has 0 aliphatic carbocycles. The molecule has 2 aromatic carbocycles. The van der Waals surface area contributed by atoms with Crippen LogP contribution in [0.2, 0.25) is 0 Å². The molecule has 104 valence electrons. The van der Waals surface area contributed by atoms with E-state index in [0.717, 1.165) is 6.07 Å². The molecule has 0 aromatic heterocycles. The van der Waals surface area contributed by atoms with Crippen molar-refractivity contribution in [2.45, 2.75) is 6.54 Å². The molecule has 2 rings (SSSR count). The van der Waals surface area contributed by atoms with Crippen molar-refractivity contribution in [2.75, 3.05) is 5.32 Å². The number of phenols is 2. The zero-order valence-corrected chi connectivity index (χ0v) is 10.3. The Balaban J connectivity index is 2.17. The summed E-state index contributed by atoms with van der Waals surface area (Å²) in [7, 11) is 0. The minimum atomic E-state index is -1.29. The summed E-state index contributed by atoms with van der Waals surface area (Å²) in [4.78, 5) is 10.8. The van der Waals surface area contributed by atoms with Gasteiger partial charge in [0.1, 0.15) is 11.5 Å². The monoisotopic (exact) mass is 274 g/mol. The summed E-state index contributed by atoms with van der Waals surface area (Å²) in [6, 6.07) is 7.94. The average molecular weight is 274 g/mol. The topological polar surface area (TPSA) is 113 Å². The molecule has 0 atom stereocenters. The van der Waals surface area contributed by atoms with E-state index in [1.807, 2.05) is 0 Å². The largest absolute Gasteiger partial charge is 0.872 e. The van der Waals surface area contributed by atoms with E-state index >= 15 is 0 Å². The zero-order chi connectivity index (χ0) is 14.7. The maximum atomic E-state index is 11.3. The number of hydrogen-bond acceptors (Lipinski definition) is 5. The summed E-state index contributed by atoms with van der Waals surface area (Å²) in [5.41, 5.74) is 0.563. The van der Waals surface area contributed by atoms with Crippen LogP contribution in [0.1, 0.15) is 15.9 Å². The first kappa shape index (κ1) is 13.5. The highest BCUT2D eigenvalue weighted by atomic mass is 16.4. The molecule has 0 fully saturated rings. The maximum Gasteiger partial charge on any atom is 0.335 e. The smallest absolute Gasteiger partial charge is 0.335 e. The van der Waals surface area contributed by atoms with Gasteiger partial charge in [-0.25, -0.2) is 4.79 Å². The Morgan fingerprint density at radius 2 is 1.90 bits per heavy atom. The van der Waals surface area contributed by atoms with Crippen LogP contribution in [0.15, 0.2) is 36.4 Å². The van der Waals surface area contributed by atoms with Gasteiger partial charge in [-0.2, -0.15) is 0 Å². The summed E-state index contributed by atoms with van der Waals surface area (Å²) in [5.74, 6) is -1.84. The molecular formula is C14H12NO5-. The molecule has 6 heteroatoms. The van der Waals surface area contributed by atoms with E-state index in [9.17, 15) is 20.1 Å². The standard InChI is InChI=1S/C14H13NO5/c16-10-2-4-12(17)8(5-10)7-15-9-1-3-13(18)11(6-9)14(19)20/h1-6,15-18H,7H2,(H,19,20)/p-1. The Hall–Kier alpha value is -2.89. The Morgan fingerprint density at radius 1 is 1.15 bits per heavy atom. The van der Waals surface area contributed by atoms with Crippen molar-refractivity contribution in [3.05, 3.63) is 47.5 Å². The quantitative estimate of drug-likeness (QED) is 0.628. The second kappa shape index (κ2) is 5.40. The van der Waals surface area contributed by atoms with Gasteiger partial charge in [0.15, 0.2) is 0 Å². The fraction of sp³-hybridized carbons (Fsp3) is 0.0714. The molecule has 20 heavy (non-hydrogen) atoms. The Bertz CT molecular complexity index is 654. The molecule has 6 nitrogen and oxygen atoms in total. The van der Waals surface area contributed by atoms with Crippen LogP contribution in [0, 0.1) is 0 Å². The van der Waals surface area contributed by atoms with Crippen LogP contribution in [-0.4, -0.2) is 21.3 Å². The number of aromatic carboxylic acids is 1. The van der Waals surface area contributed by atoms with Gasteiger partial charge >= 0.3 is 5.97 Å². The summed E-state index contributed by atoms with van der Waals surface area (Å²) in [6.07, 6.45) is 0.